The number of fused-ring (bicyclic) bond motifs is 3. The first kappa shape index (κ1) is 18.1. The van der Waals surface area contributed by atoms with Crippen LogP contribution < -0.4 is 10.4 Å². The highest BCUT2D eigenvalue weighted by molar-refractivity contribution is 6.32. The molecular weight excluding hydrogens is 362 g/mol. The number of hydrogen-bond donors (Lipinski definition) is 0. The van der Waals surface area contributed by atoms with Crippen molar-refractivity contribution in [3.05, 3.63) is 68.8 Å². The van der Waals surface area contributed by atoms with E-state index in [-0.39, 0.29) is 17.1 Å². The molecule has 0 aliphatic heterocycles. The summed E-state index contributed by atoms with van der Waals surface area (Å²) in [6, 6.07) is 9.50. The van der Waals surface area contributed by atoms with Crippen molar-refractivity contribution >= 4 is 22.6 Å². The van der Waals surface area contributed by atoms with Gasteiger partial charge in [0.15, 0.2) is 0 Å². The van der Waals surface area contributed by atoms with E-state index in [1.54, 1.807) is 12.3 Å². The summed E-state index contributed by atoms with van der Waals surface area (Å²) in [7, 11) is 0. The minimum absolute atomic E-state index is 0.234. The van der Waals surface area contributed by atoms with Gasteiger partial charge in [0.2, 0.25) is 0 Å². The van der Waals surface area contributed by atoms with E-state index in [4.69, 9.17) is 20.8 Å². The average molecular weight is 384 g/mol. The Kier molecular flexibility index (Phi) is 4.47. The van der Waals surface area contributed by atoms with Gasteiger partial charge < -0.3 is 9.15 Å². The van der Waals surface area contributed by atoms with Crippen molar-refractivity contribution in [1.82, 2.24) is 4.98 Å². The molecule has 0 spiro atoms. The van der Waals surface area contributed by atoms with Crippen molar-refractivity contribution in [3.63, 3.8) is 0 Å². The van der Waals surface area contributed by atoms with Crippen LogP contribution in [0.5, 0.6) is 5.75 Å². The van der Waals surface area contributed by atoms with Gasteiger partial charge in [-0.15, -0.1) is 0 Å². The highest BCUT2D eigenvalue weighted by Gasteiger charge is 2.27. The second-order valence-corrected chi connectivity index (χ2v) is 8.44. The van der Waals surface area contributed by atoms with Crippen LogP contribution in [0.3, 0.4) is 0 Å². The summed E-state index contributed by atoms with van der Waals surface area (Å²) in [6.45, 7) is 5.86. The van der Waals surface area contributed by atoms with Crippen molar-refractivity contribution < 1.29 is 9.15 Å². The van der Waals surface area contributed by atoms with E-state index in [0.29, 0.717) is 22.8 Å². The first-order chi connectivity index (χ1) is 12.8. The smallest absolute Gasteiger partial charge is 0.339 e. The monoisotopic (exact) mass is 383 g/mol. The third-order valence-electron chi connectivity index (χ3n) is 4.89. The molecule has 1 aromatic carbocycles. The van der Waals surface area contributed by atoms with Gasteiger partial charge in [0.25, 0.3) is 0 Å². The number of benzene rings is 1. The lowest BCUT2D eigenvalue weighted by atomic mass is 9.81. The highest BCUT2D eigenvalue weighted by Crippen LogP contribution is 2.38. The molecule has 0 saturated heterocycles. The Hall–Kier alpha value is -2.33. The normalized spacial score (nSPS) is 17.0. The van der Waals surface area contributed by atoms with Gasteiger partial charge in [0.1, 0.15) is 16.9 Å². The van der Waals surface area contributed by atoms with Crippen LogP contribution in [0.15, 0.2) is 45.7 Å². The number of hydrogen-bond acceptors (Lipinski definition) is 4. The number of pyridine rings is 1. The Morgan fingerprint density at radius 3 is 2.74 bits per heavy atom. The molecule has 0 saturated carbocycles. The van der Waals surface area contributed by atoms with E-state index < -0.39 is 0 Å². The summed E-state index contributed by atoms with van der Waals surface area (Å²) >= 11 is 6.46. The fraction of sp³-hybridized carbons (Fsp3) is 0.364. The molecule has 3 aromatic rings. The predicted molar refractivity (Wildman–Crippen MR) is 107 cm³/mol. The van der Waals surface area contributed by atoms with Crippen LogP contribution in [-0.2, 0) is 12.8 Å². The second kappa shape index (κ2) is 6.68. The van der Waals surface area contributed by atoms with Crippen LogP contribution in [0.1, 0.15) is 49.9 Å². The fourth-order valence-electron chi connectivity index (χ4n) is 3.74. The molecule has 0 radical (unpaired) electrons. The quantitative estimate of drug-likeness (QED) is 0.564. The van der Waals surface area contributed by atoms with Crippen molar-refractivity contribution in [1.29, 1.82) is 0 Å². The topological polar surface area (TPSA) is 52.3 Å². The Bertz CT molecular complexity index is 1050. The lowest BCUT2D eigenvalue weighted by molar-refractivity contribution is 0.131. The van der Waals surface area contributed by atoms with Gasteiger partial charge in [-0.05, 0) is 63.8 Å². The molecule has 0 bridgehead atoms. The zero-order valence-electron chi connectivity index (χ0n) is 15.7. The lowest BCUT2D eigenvalue weighted by Gasteiger charge is -2.25. The SMILES string of the molecule is CC(C)(C)Oc1cc2oc(=O)c3c(c2cc1Cl)CCC(c1ccccn1)C3. The average Bonchev–Trinajstić information content (AvgIpc) is 2.63. The molecule has 1 aliphatic rings. The molecule has 2 heterocycles. The highest BCUT2D eigenvalue weighted by atomic mass is 35.5. The Morgan fingerprint density at radius 2 is 2.04 bits per heavy atom. The van der Waals surface area contributed by atoms with E-state index in [0.717, 1.165) is 35.0 Å². The molecule has 140 valence electrons. The molecular formula is C22H22ClNO3. The summed E-state index contributed by atoms with van der Waals surface area (Å²) < 4.78 is 11.5. The van der Waals surface area contributed by atoms with E-state index in [1.807, 2.05) is 45.0 Å². The molecule has 4 nitrogen and oxygen atoms in total. The van der Waals surface area contributed by atoms with Crippen LogP contribution in [0.25, 0.3) is 11.0 Å². The first-order valence-electron chi connectivity index (χ1n) is 9.20. The van der Waals surface area contributed by atoms with E-state index in [1.165, 1.54) is 0 Å². The largest absolute Gasteiger partial charge is 0.486 e. The summed E-state index contributed by atoms with van der Waals surface area (Å²) in [5.74, 6) is 0.764. The van der Waals surface area contributed by atoms with Crippen LogP contribution in [0, 0.1) is 0 Å². The van der Waals surface area contributed by atoms with Crippen molar-refractivity contribution in [2.24, 2.45) is 0 Å². The third kappa shape index (κ3) is 3.59. The van der Waals surface area contributed by atoms with Crippen LogP contribution >= 0.6 is 11.6 Å². The molecule has 1 unspecified atom stereocenters. The third-order valence-corrected chi connectivity index (χ3v) is 5.18. The predicted octanol–water partition coefficient (Wildman–Crippen LogP) is 5.29. The minimum atomic E-state index is -0.387. The van der Waals surface area contributed by atoms with Crippen molar-refractivity contribution in [3.8, 4) is 5.75 Å². The van der Waals surface area contributed by atoms with Gasteiger partial charge in [-0.2, -0.15) is 0 Å². The summed E-state index contributed by atoms with van der Waals surface area (Å²) in [5.41, 5.74) is 2.67. The molecule has 0 fully saturated rings. The maximum atomic E-state index is 12.7. The number of ether oxygens (including phenoxy) is 1. The Morgan fingerprint density at radius 1 is 1.22 bits per heavy atom. The summed E-state index contributed by atoms with van der Waals surface area (Å²) in [5, 5.41) is 1.43. The van der Waals surface area contributed by atoms with Gasteiger partial charge >= 0.3 is 5.63 Å². The maximum Gasteiger partial charge on any atom is 0.339 e. The first-order valence-corrected chi connectivity index (χ1v) is 9.58. The van der Waals surface area contributed by atoms with Crippen molar-refractivity contribution in [2.45, 2.75) is 51.6 Å². The Balaban J connectivity index is 1.78. The van der Waals surface area contributed by atoms with Gasteiger partial charge in [-0.3, -0.25) is 4.98 Å². The lowest BCUT2D eigenvalue weighted by Crippen LogP contribution is -2.23. The molecule has 5 heteroatoms. The second-order valence-electron chi connectivity index (χ2n) is 8.03. The van der Waals surface area contributed by atoms with Gasteiger partial charge in [-0.25, -0.2) is 4.79 Å². The fourth-order valence-corrected chi connectivity index (χ4v) is 3.94. The summed E-state index contributed by atoms with van der Waals surface area (Å²) in [6.07, 6.45) is 4.18. The summed E-state index contributed by atoms with van der Waals surface area (Å²) in [4.78, 5) is 17.1. The molecule has 4 rings (SSSR count). The standard InChI is InChI=1S/C22H22ClNO3/c1-22(2,3)27-20-12-19-15(11-17(20)23)14-8-7-13(10-16(14)21(25)26-19)18-6-4-5-9-24-18/h4-6,9,11-13H,7-8,10H2,1-3H3. The zero-order chi connectivity index (χ0) is 19.2. The van der Waals surface area contributed by atoms with Gasteiger partial charge in [0.05, 0.1) is 5.02 Å². The van der Waals surface area contributed by atoms with E-state index in [2.05, 4.69) is 4.98 Å². The van der Waals surface area contributed by atoms with Gasteiger partial charge in [0, 0.05) is 34.8 Å². The molecule has 0 amide bonds. The van der Waals surface area contributed by atoms with Crippen molar-refractivity contribution in [2.75, 3.05) is 0 Å². The molecule has 1 aliphatic carbocycles. The molecule has 0 N–H and O–H groups in total. The zero-order valence-corrected chi connectivity index (χ0v) is 16.5. The molecule has 27 heavy (non-hydrogen) atoms. The number of rotatable bonds is 2. The molecule has 2 aromatic heterocycles. The molecule has 1 atom stereocenters. The minimum Gasteiger partial charge on any atom is -0.486 e. The number of halogens is 1. The maximum absolute atomic E-state index is 12.7. The number of aromatic nitrogens is 1. The van der Waals surface area contributed by atoms with Gasteiger partial charge in [-0.1, -0.05) is 17.7 Å². The Labute approximate surface area is 163 Å². The number of aryl methyl sites for hydroxylation is 1. The van der Waals surface area contributed by atoms with Crippen LogP contribution in [-0.4, -0.2) is 10.6 Å². The number of nitrogens with zero attached hydrogens (tertiary/aromatic N) is 1. The van der Waals surface area contributed by atoms with Crippen LogP contribution in [0.4, 0.5) is 0 Å². The van der Waals surface area contributed by atoms with Crippen LogP contribution in [0.2, 0.25) is 5.02 Å². The van der Waals surface area contributed by atoms with E-state index in [9.17, 15) is 4.79 Å². The van der Waals surface area contributed by atoms with E-state index >= 15 is 0 Å².